The molecule has 0 saturated heterocycles. The third-order valence-electron chi connectivity index (χ3n) is 2.65. The van der Waals surface area contributed by atoms with Gasteiger partial charge >= 0.3 is 0 Å². The maximum absolute atomic E-state index is 4.34. The van der Waals surface area contributed by atoms with Gasteiger partial charge in [0.05, 0.1) is 18.1 Å². The van der Waals surface area contributed by atoms with Gasteiger partial charge in [-0.05, 0) is 53.1 Å². The highest BCUT2D eigenvalue weighted by Crippen LogP contribution is 2.29. The lowest BCUT2D eigenvalue weighted by Gasteiger charge is -1.96. The van der Waals surface area contributed by atoms with E-state index >= 15 is 0 Å². The molecular formula is C12H10IN2P. The predicted molar refractivity (Wildman–Crippen MR) is 77.1 cm³/mol. The SMILES string of the molecule is IPn1ncc2cc(C#CC3CC3)ccc21. The standard InChI is InChI=1S/C12H10IN2P/c13-16-15-12-6-5-10(4-3-9-1-2-9)7-11(12)8-14-15/h5-9,16H,1-2H2. The van der Waals surface area contributed by atoms with Crippen LogP contribution >= 0.6 is 28.4 Å². The molecule has 2 aromatic rings. The molecule has 4 heteroatoms. The van der Waals surface area contributed by atoms with Crippen molar-refractivity contribution in [1.82, 2.24) is 9.55 Å². The molecule has 1 heterocycles. The van der Waals surface area contributed by atoms with E-state index in [1.807, 2.05) is 10.6 Å². The minimum absolute atomic E-state index is 0.652. The van der Waals surface area contributed by atoms with E-state index < -0.39 is 0 Å². The monoisotopic (exact) mass is 340 g/mol. The van der Waals surface area contributed by atoms with Gasteiger partial charge in [-0.1, -0.05) is 11.8 Å². The van der Waals surface area contributed by atoms with Gasteiger partial charge in [-0.2, -0.15) is 5.10 Å². The number of hydrogen-bond donors (Lipinski definition) is 0. The summed E-state index contributed by atoms with van der Waals surface area (Å²) in [5, 5.41) is 5.52. The van der Waals surface area contributed by atoms with E-state index in [9.17, 15) is 0 Å². The fourth-order valence-corrected chi connectivity index (χ4v) is 3.14. The molecule has 0 aliphatic heterocycles. The molecule has 1 aromatic carbocycles. The average Bonchev–Trinajstić information content (AvgIpc) is 3.05. The van der Waals surface area contributed by atoms with Crippen molar-refractivity contribution >= 4 is 39.3 Å². The molecule has 16 heavy (non-hydrogen) atoms. The molecule has 1 aliphatic rings. The highest BCUT2D eigenvalue weighted by molar-refractivity contribution is 14.2. The quantitative estimate of drug-likeness (QED) is 0.441. The van der Waals surface area contributed by atoms with Gasteiger partial charge < -0.3 is 0 Å². The molecule has 0 amide bonds. The third-order valence-corrected chi connectivity index (χ3v) is 4.53. The van der Waals surface area contributed by atoms with Crippen LogP contribution in [0.2, 0.25) is 0 Å². The molecule has 0 radical (unpaired) electrons. The number of rotatable bonds is 1. The van der Waals surface area contributed by atoms with Crippen LogP contribution in [0.1, 0.15) is 18.4 Å². The Hall–Kier alpha value is -0.590. The van der Waals surface area contributed by atoms with Gasteiger partial charge in [0.2, 0.25) is 0 Å². The molecule has 1 saturated carbocycles. The van der Waals surface area contributed by atoms with E-state index in [0.717, 1.165) is 5.56 Å². The molecule has 1 fully saturated rings. The zero-order valence-corrected chi connectivity index (χ0v) is 11.7. The first-order chi connectivity index (χ1) is 7.86. The molecule has 80 valence electrons. The summed E-state index contributed by atoms with van der Waals surface area (Å²) < 4.78 is 2.02. The smallest absolute Gasteiger partial charge is 0.0730 e. The summed E-state index contributed by atoms with van der Waals surface area (Å²) in [7, 11) is 0. The molecule has 1 atom stereocenters. The van der Waals surface area contributed by atoms with Crippen LogP contribution in [0.4, 0.5) is 0 Å². The van der Waals surface area contributed by atoms with Gasteiger partial charge in [0.1, 0.15) is 0 Å². The van der Waals surface area contributed by atoms with Crippen LogP contribution in [-0.2, 0) is 0 Å². The molecule has 1 aromatic heterocycles. The molecule has 0 bridgehead atoms. The normalized spacial score (nSPS) is 15.6. The van der Waals surface area contributed by atoms with Crippen molar-refractivity contribution in [2.75, 3.05) is 0 Å². The fourth-order valence-electron chi connectivity index (χ4n) is 1.59. The van der Waals surface area contributed by atoms with Crippen molar-refractivity contribution in [2.45, 2.75) is 12.8 Å². The summed E-state index contributed by atoms with van der Waals surface area (Å²) in [6.45, 7) is 0. The minimum atomic E-state index is 0.652. The Kier molecular flexibility index (Phi) is 2.87. The molecule has 1 unspecified atom stereocenters. The van der Waals surface area contributed by atoms with E-state index in [-0.39, 0.29) is 0 Å². The lowest BCUT2D eigenvalue weighted by Crippen LogP contribution is -1.82. The van der Waals surface area contributed by atoms with Gasteiger partial charge in [0, 0.05) is 16.9 Å². The van der Waals surface area contributed by atoms with E-state index in [4.69, 9.17) is 0 Å². The molecule has 0 N–H and O–H groups in total. The van der Waals surface area contributed by atoms with Crippen LogP contribution in [0.15, 0.2) is 24.4 Å². The largest absolute Gasteiger partial charge is 0.237 e. The first kappa shape index (κ1) is 10.6. The van der Waals surface area contributed by atoms with Crippen LogP contribution in [0.5, 0.6) is 0 Å². The van der Waals surface area contributed by atoms with Crippen LogP contribution < -0.4 is 0 Å². The van der Waals surface area contributed by atoms with Gasteiger partial charge in [0.25, 0.3) is 0 Å². The van der Waals surface area contributed by atoms with Crippen molar-refractivity contribution in [1.29, 1.82) is 0 Å². The summed E-state index contributed by atoms with van der Waals surface area (Å²) in [5.41, 5.74) is 2.31. The van der Waals surface area contributed by atoms with E-state index in [0.29, 0.717) is 12.3 Å². The Labute approximate surface area is 109 Å². The molecule has 2 nitrogen and oxygen atoms in total. The summed E-state index contributed by atoms with van der Waals surface area (Å²) in [4.78, 5) is 0. The summed E-state index contributed by atoms with van der Waals surface area (Å²) in [6.07, 6.45) is 5.13. The Morgan fingerprint density at radius 2 is 2.31 bits per heavy atom. The van der Waals surface area contributed by atoms with Gasteiger partial charge in [0.15, 0.2) is 0 Å². The van der Waals surface area contributed by atoms with Crippen LogP contribution in [-0.4, -0.2) is 9.55 Å². The Balaban J connectivity index is 2.00. The first-order valence-corrected chi connectivity index (χ1v) is 9.29. The van der Waals surface area contributed by atoms with Crippen molar-refractivity contribution in [3.8, 4) is 11.8 Å². The lowest BCUT2D eigenvalue weighted by molar-refractivity contribution is 1.04. The fraction of sp³-hybridized carbons (Fsp3) is 0.250. The Bertz CT molecular complexity index is 590. The van der Waals surface area contributed by atoms with E-state index in [2.05, 4.69) is 57.2 Å². The van der Waals surface area contributed by atoms with Crippen LogP contribution in [0.3, 0.4) is 0 Å². The van der Waals surface area contributed by atoms with Crippen LogP contribution in [0, 0.1) is 17.8 Å². The highest BCUT2D eigenvalue weighted by Gasteiger charge is 2.17. The molecule has 1 aliphatic carbocycles. The van der Waals surface area contributed by atoms with Crippen molar-refractivity contribution in [2.24, 2.45) is 5.92 Å². The second-order valence-corrected chi connectivity index (χ2v) is 6.00. The summed E-state index contributed by atoms with van der Waals surface area (Å²) in [5.74, 6) is 7.18. The van der Waals surface area contributed by atoms with E-state index in [1.54, 1.807) is 0 Å². The molecule has 3 rings (SSSR count). The number of nitrogens with zero attached hydrogens (tertiary/aromatic N) is 2. The van der Waals surface area contributed by atoms with Crippen molar-refractivity contribution in [3.63, 3.8) is 0 Å². The zero-order valence-electron chi connectivity index (χ0n) is 8.57. The van der Waals surface area contributed by atoms with Crippen LogP contribution in [0.25, 0.3) is 10.9 Å². The number of benzene rings is 1. The third kappa shape index (κ3) is 2.09. The van der Waals surface area contributed by atoms with Gasteiger partial charge in [-0.15, -0.1) is 0 Å². The van der Waals surface area contributed by atoms with Gasteiger partial charge in [-0.3, -0.25) is 0 Å². The highest BCUT2D eigenvalue weighted by atomic mass is 127. The zero-order chi connectivity index (χ0) is 11.0. The number of halogens is 1. The topological polar surface area (TPSA) is 17.8 Å². The number of aromatic nitrogens is 2. The Morgan fingerprint density at radius 3 is 3.06 bits per heavy atom. The van der Waals surface area contributed by atoms with Crippen molar-refractivity contribution in [3.05, 3.63) is 30.0 Å². The number of hydrogen-bond acceptors (Lipinski definition) is 1. The maximum atomic E-state index is 4.34. The predicted octanol–water partition coefficient (Wildman–Crippen LogP) is 3.59. The summed E-state index contributed by atoms with van der Waals surface area (Å²) in [6, 6.07) is 6.34. The lowest BCUT2D eigenvalue weighted by atomic mass is 10.1. The number of fused-ring (bicyclic) bond motifs is 1. The maximum Gasteiger partial charge on any atom is 0.0730 e. The second-order valence-electron chi connectivity index (χ2n) is 3.96. The molecule has 0 spiro atoms. The molecular weight excluding hydrogens is 330 g/mol. The first-order valence-electron chi connectivity index (χ1n) is 5.23. The second kappa shape index (κ2) is 4.35. The Morgan fingerprint density at radius 1 is 1.44 bits per heavy atom. The average molecular weight is 340 g/mol. The summed E-state index contributed by atoms with van der Waals surface area (Å²) >= 11 is 2.34. The minimum Gasteiger partial charge on any atom is -0.237 e. The van der Waals surface area contributed by atoms with Gasteiger partial charge in [-0.25, -0.2) is 4.45 Å². The van der Waals surface area contributed by atoms with E-state index in [1.165, 1.54) is 23.7 Å². The van der Waals surface area contributed by atoms with Crippen molar-refractivity contribution < 1.29 is 0 Å².